The van der Waals surface area contributed by atoms with Crippen molar-refractivity contribution in [1.82, 2.24) is 9.80 Å². The largest absolute Gasteiger partial charge is 0.326 e. The van der Waals surface area contributed by atoms with Gasteiger partial charge >= 0.3 is 6.03 Å². The molecule has 0 aromatic heterocycles. The number of amides is 3. The number of benzene rings is 2. The summed E-state index contributed by atoms with van der Waals surface area (Å²) in [5, 5.41) is 5.90. The van der Waals surface area contributed by atoms with E-state index in [4.69, 9.17) is 11.6 Å². The molecule has 0 aliphatic carbocycles. The molecule has 6 nitrogen and oxygen atoms in total. The van der Waals surface area contributed by atoms with Gasteiger partial charge in [0.2, 0.25) is 5.91 Å². The van der Waals surface area contributed by atoms with Crippen molar-refractivity contribution in [1.29, 1.82) is 0 Å². The third kappa shape index (κ3) is 5.45. The minimum absolute atomic E-state index is 0.163. The Labute approximate surface area is 164 Å². The average molecular weight is 387 g/mol. The zero-order valence-electron chi connectivity index (χ0n) is 15.2. The Bertz CT molecular complexity index is 805. The minimum Gasteiger partial charge on any atom is -0.326 e. The predicted molar refractivity (Wildman–Crippen MR) is 108 cm³/mol. The third-order valence-electron chi connectivity index (χ3n) is 4.44. The molecule has 0 atom stereocenters. The van der Waals surface area contributed by atoms with E-state index in [1.165, 1.54) is 12.5 Å². The standard InChI is InChI=1S/C20H23ClN4O2/c1-15(26)22-17-7-8-19(18(21)13-17)23-20(27)25-11-9-24(10-12-25)14-16-5-3-2-4-6-16/h2-8,13H,9-12,14H2,1H3,(H,22,26)(H,23,27). The number of halogens is 1. The molecule has 0 saturated carbocycles. The van der Waals surface area contributed by atoms with Crippen molar-refractivity contribution in [2.24, 2.45) is 0 Å². The van der Waals surface area contributed by atoms with Gasteiger partial charge in [0.25, 0.3) is 0 Å². The van der Waals surface area contributed by atoms with E-state index in [-0.39, 0.29) is 11.9 Å². The van der Waals surface area contributed by atoms with E-state index in [0.29, 0.717) is 29.5 Å². The summed E-state index contributed by atoms with van der Waals surface area (Å²) in [4.78, 5) is 27.7. The molecule has 3 rings (SSSR count). The van der Waals surface area contributed by atoms with E-state index >= 15 is 0 Å². The first-order chi connectivity index (χ1) is 13.0. The molecular formula is C20H23ClN4O2. The van der Waals surface area contributed by atoms with Crippen LogP contribution in [0, 0.1) is 0 Å². The quantitative estimate of drug-likeness (QED) is 0.843. The van der Waals surface area contributed by atoms with Crippen LogP contribution in [0.2, 0.25) is 5.02 Å². The highest BCUT2D eigenvalue weighted by Gasteiger charge is 2.21. The van der Waals surface area contributed by atoms with Gasteiger partial charge in [-0.1, -0.05) is 41.9 Å². The van der Waals surface area contributed by atoms with Crippen molar-refractivity contribution in [3.05, 3.63) is 59.1 Å². The molecule has 0 spiro atoms. The topological polar surface area (TPSA) is 64.7 Å². The molecule has 1 saturated heterocycles. The molecule has 7 heteroatoms. The molecule has 1 heterocycles. The second-order valence-corrected chi connectivity index (χ2v) is 6.96. The van der Waals surface area contributed by atoms with Crippen LogP contribution in [-0.2, 0) is 11.3 Å². The lowest BCUT2D eigenvalue weighted by Crippen LogP contribution is -2.49. The maximum absolute atomic E-state index is 12.5. The zero-order valence-corrected chi connectivity index (χ0v) is 16.0. The fourth-order valence-electron chi connectivity index (χ4n) is 3.04. The molecule has 1 aliphatic heterocycles. The molecule has 0 bridgehead atoms. The number of hydrogen-bond acceptors (Lipinski definition) is 3. The summed E-state index contributed by atoms with van der Waals surface area (Å²) >= 11 is 6.22. The van der Waals surface area contributed by atoms with Gasteiger partial charge in [0, 0.05) is 45.3 Å². The Morgan fingerprint density at radius 2 is 1.70 bits per heavy atom. The summed E-state index contributed by atoms with van der Waals surface area (Å²) in [5.74, 6) is -0.170. The summed E-state index contributed by atoms with van der Waals surface area (Å²) in [7, 11) is 0. The molecule has 3 amide bonds. The van der Waals surface area contributed by atoms with Crippen LogP contribution in [0.25, 0.3) is 0 Å². The van der Waals surface area contributed by atoms with Crippen LogP contribution < -0.4 is 10.6 Å². The molecule has 142 valence electrons. The van der Waals surface area contributed by atoms with Gasteiger partial charge in [-0.15, -0.1) is 0 Å². The van der Waals surface area contributed by atoms with Gasteiger partial charge in [-0.3, -0.25) is 9.69 Å². The molecule has 2 aromatic rings. The van der Waals surface area contributed by atoms with E-state index in [1.807, 2.05) is 18.2 Å². The summed E-state index contributed by atoms with van der Waals surface area (Å²) in [6.07, 6.45) is 0. The summed E-state index contributed by atoms with van der Waals surface area (Å²) in [6, 6.07) is 15.2. The van der Waals surface area contributed by atoms with Gasteiger partial charge < -0.3 is 15.5 Å². The first-order valence-corrected chi connectivity index (χ1v) is 9.28. The second-order valence-electron chi connectivity index (χ2n) is 6.55. The van der Waals surface area contributed by atoms with Crippen molar-refractivity contribution in [2.75, 3.05) is 36.8 Å². The van der Waals surface area contributed by atoms with Crippen molar-refractivity contribution >= 4 is 34.9 Å². The smallest absolute Gasteiger partial charge is 0.321 e. The highest BCUT2D eigenvalue weighted by molar-refractivity contribution is 6.34. The summed E-state index contributed by atoms with van der Waals surface area (Å²) < 4.78 is 0. The van der Waals surface area contributed by atoms with Crippen molar-refractivity contribution < 1.29 is 9.59 Å². The van der Waals surface area contributed by atoms with Crippen molar-refractivity contribution in [2.45, 2.75) is 13.5 Å². The normalized spacial score (nSPS) is 14.7. The number of nitrogens with one attached hydrogen (secondary N) is 2. The molecule has 27 heavy (non-hydrogen) atoms. The Balaban J connectivity index is 1.51. The number of carbonyl (C=O) groups is 2. The molecule has 0 unspecified atom stereocenters. The van der Waals surface area contributed by atoms with E-state index in [0.717, 1.165) is 19.6 Å². The highest BCUT2D eigenvalue weighted by atomic mass is 35.5. The van der Waals surface area contributed by atoms with Gasteiger partial charge in [-0.2, -0.15) is 0 Å². The maximum Gasteiger partial charge on any atom is 0.321 e. The van der Waals surface area contributed by atoms with Gasteiger partial charge in [0.05, 0.1) is 10.7 Å². The fourth-order valence-corrected chi connectivity index (χ4v) is 3.27. The fraction of sp³-hybridized carbons (Fsp3) is 0.300. The SMILES string of the molecule is CC(=O)Nc1ccc(NC(=O)N2CCN(Cc3ccccc3)CC2)c(Cl)c1. The predicted octanol–water partition coefficient (Wildman–Crippen LogP) is 3.65. The molecule has 2 aromatic carbocycles. The van der Waals surface area contributed by atoms with Crippen LogP contribution in [0.3, 0.4) is 0 Å². The average Bonchev–Trinajstić information content (AvgIpc) is 2.65. The Kier molecular flexibility index (Phi) is 6.32. The number of nitrogens with zero attached hydrogens (tertiary/aromatic N) is 2. The molecule has 1 fully saturated rings. The number of hydrogen-bond donors (Lipinski definition) is 2. The van der Waals surface area contributed by atoms with E-state index in [1.54, 1.807) is 23.1 Å². The summed E-state index contributed by atoms with van der Waals surface area (Å²) in [5.41, 5.74) is 2.41. The van der Waals surface area contributed by atoms with Crippen LogP contribution in [0.15, 0.2) is 48.5 Å². The van der Waals surface area contributed by atoms with E-state index < -0.39 is 0 Å². The lowest BCUT2D eigenvalue weighted by Gasteiger charge is -2.34. The van der Waals surface area contributed by atoms with Crippen LogP contribution in [0.5, 0.6) is 0 Å². The third-order valence-corrected chi connectivity index (χ3v) is 4.75. The van der Waals surface area contributed by atoms with Gasteiger partial charge in [0.15, 0.2) is 0 Å². The highest BCUT2D eigenvalue weighted by Crippen LogP contribution is 2.26. The Hall–Kier alpha value is -2.57. The molecule has 0 radical (unpaired) electrons. The van der Waals surface area contributed by atoms with Crippen LogP contribution in [0.4, 0.5) is 16.2 Å². The number of piperazine rings is 1. The lowest BCUT2D eigenvalue weighted by molar-refractivity contribution is -0.114. The number of anilines is 2. The Morgan fingerprint density at radius 1 is 1.00 bits per heavy atom. The second kappa shape index (κ2) is 8.88. The van der Waals surface area contributed by atoms with E-state index in [9.17, 15) is 9.59 Å². The zero-order chi connectivity index (χ0) is 19.2. The minimum atomic E-state index is -0.170. The summed E-state index contributed by atoms with van der Waals surface area (Å²) in [6.45, 7) is 5.32. The lowest BCUT2D eigenvalue weighted by atomic mass is 10.2. The molecule has 2 N–H and O–H groups in total. The van der Waals surface area contributed by atoms with Crippen molar-refractivity contribution in [3.8, 4) is 0 Å². The van der Waals surface area contributed by atoms with Crippen LogP contribution in [0.1, 0.15) is 12.5 Å². The van der Waals surface area contributed by atoms with Crippen molar-refractivity contribution in [3.63, 3.8) is 0 Å². The van der Waals surface area contributed by atoms with Gasteiger partial charge in [0.1, 0.15) is 0 Å². The monoisotopic (exact) mass is 386 g/mol. The van der Waals surface area contributed by atoms with Gasteiger partial charge in [-0.05, 0) is 23.8 Å². The first-order valence-electron chi connectivity index (χ1n) is 8.90. The first kappa shape index (κ1) is 19.2. The van der Waals surface area contributed by atoms with E-state index in [2.05, 4.69) is 27.7 Å². The van der Waals surface area contributed by atoms with Gasteiger partial charge in [-0.25, -0.2) is 4.79 Å². The van der Waals surface area contributed by atoms with Crippen LogP contribution in [-0.4, -0.2) is 47.9 Å². The molecular weight excluding hydrogens is 364 g/mol. The van der Waals surface area contributed by atoms with Crippen LogP contribution >= 0.6 is 11.6 Å². The number of urea groups is 1. The maximum atomic E-state index is 12.5. The Morgan fingerprint density at radius 3 is 2.33 bits per heavy atom. The number of rotatable bonds is 4. The number of carbonyl (C=O) groups excluding carboxylic acids is 2. The molecule has 1 aliphatic rings.